The molecule has 2 aromatic carbocycles. The zero-order valence-electron chi connectivity index (χ0n) is 21.5. The standard InChI is InChI=1S/C13H12F3NO5.C12H13NO3.CH4O/c14-13(15,16)12(22)17-9(11(20)21)5-6-10(19)7-1-3-8(18)4-2-7;1-16-12(15)11-7-6-10(13-11)8-2-4-9(14)5-3-8;1-2/h1-4,9,18H,5-6H2,(H,17,22)(H,20,21);2-5,11,14H,6-7H2,1H3;2H,1H3/t9-;11-;/m00./s1. The molecule has 0 radical (unpaired) electrons. The number of hydrogen-bond donors (Lipinski definition) is 5. The van der Waals surface area contributed by atoms with E-state index in [2.05, 4.69) is 9.73 Å². The summed E-state index contributed by atoms with van der Waals surface area (Å²) >= 11 is 0. The molecule has 2 aromatic rings. The van der Waals surface area contributed by atoms with Crippen molar-refractivity contribution in [2.75, 3.05) is 14.2 Å². The number of esters is 1. The lowest BCUT2D eigenvalue weighted by atomic mass is 10.0. The van der Waals surface area contributed by atoms with Crippen molar-refractivity contribution < 1.29 is 57.5 Å². The molecule has 0 bridgehead atoms. The molecule has 0 saturated heterocycles. The molecule has 0 unspecified atom stereocenters. The fourth-order valence-electron chi connectivity index (χ4n) is 3.33. The minimum Gasteiger partial charge on any atom is -0.508 e. The van der Waals surface area contributed by atoms with E-state index in [0.29, 0.717) is 6.42 Å². The molecule has 0 fully saturated rings. The summed E-state index contributed by atoms with van der Waals surface area (Å²) in [5.41, 5.74) is 2.02. The number of benzene rings is 2. The number of carbonyl (C=O) groups excluding carboxylic acids is 3. The third-order valence-electron chi connectivity index (χ3n) is 5.35. The summed E-state index contributed by atoms with van der Waals surface area (Å²) in [6, 6.07) is 9.71. The SMILES string of the molecule is CO.COC(=O)[C@@H]1CCC(c2ccc(O)cc2)=N1.O=C(CC[C@H](NC(=O)C(F)(F)F)C(=O)O)c1ccc(O)cc1. The number of amides is 1. The number of rotatable bonds is 8. The smallest absolute Gasteiger partial charge is 0.471 e. The number of nitrogens with zero attached hydrogens (tertiary/aromatic N) is 1. The highest BCUT2D eigenvalue weighted by Crippen LogP contribution is 2.21. The number of carboxylic acids is 1. The summed E-state index contributed by atoms with van der Waals surface area (Å²) in [6.45, 7) is 0. The van der Waals surface area contributed by atoms with E-state index < -0.39 is 36.3 Å². The molecule has 1 aliphatic rings. The summed E-state index contributed by atoms with van der Waals surface area (Å²) in [7, 11) is 2.37. The zero-order valence-corrected chi connectivity index (χ0v) is 21.5. The van der Waals surface area contributed by atoms with Crippen LogP contribution in [0.15, 0.2) is 53.5 Å². The van der Waals surface area contributed by atoms with Crippen LogP contribution in [0.2, 0.25) is 0 Å². The second-order valence-electron chi connectivity index (χ2n) is 8.07. The van der Waals surface area contributed by atoms with Crippen molar-refractivity contribution in [3.05, 3.63) is 59.7 Å². The Morgan fingerprint density at radius 1 is 1.00 bits per heavy atom. The number of nitrogens with one attached hydrogen (secondary N) is 1. The monoisotopic (exact) mass is 570 g/mol. The average molecular weight is 571 g/mol. The summed E-state index contributed by atoms with van der Waals surface area (Å²) in [5, 5.41) is 35.3. The van der Waals surface area contributed by atoms with E-state index in [4.69, 9.17) is 20.4 Å². The molecule has 1 amide bonds. The van der Waals surface area contributed by atoms with Crippen LogP contribution in [0.4, 0.5) is 13.2 Å². The highest BCUT2D eigenvalue weighted by molar-refractivity contribution is 6.03. The van der Waals surface area contributed by atoms with Gasteiger partial charge in [0, 0.05) is 24.8 Å². The summed E-state index contributed by atoms with van der Waals surface area (Å²) in [4.78, 5) is 48.9. The predicted molar refractivity (Wildman–Crippen MR) is 135 cm³/mol. The Hall–Kier alpha value is -4.46. The van der Waals surface area contributed by atoms with Crippen LogP contribution in [-0.4, -0.2) is 82.2 Å². The number of aliphatic hydroxyl groups excluding tert-OH is 1. The number of halogens is 3. The van der Waals surface area contributed by atoms with Crippen molar-refractivity contribution >= 4 is 29.3 Å². The van der Waals surface area contributed by atoms with Crippen molar-refractivity contribution in [1.82, 2.24) is 5.32 Å². The molecule has 0 aliphatic carbocycles. The number of methoxy groups -OCH3 is 1. The number of Topliss-reactive ketones (excluding diaryl/α,β-unsaturated/α-hetero) is 1. The zero-order chi connectivity index (χ0) is 30.5. The molecule has 3 rings (SSSR count). The first kappa shape index (κ1) is 33.6. The minimum atomic E-state index is -5.20. The largest absolute Gasteiger partial charge is 0.508 e. The summed E-state index contributed by atoms with van der Waals surface area (Å²) in [5.74, 6) is -4.70. The highest BCUT2D eigenvalue weighted by Gasteiger charge is 2.40. The first-order chi connectivity index (χ1) is 18.8. The van der Waals surface area contributed by atoms with Crippen molar-refractivity contribution in [3.8, 4) is 11.5 Å². The lowest BCUT2D eigenvalue weighted by Crippen LogP contribution is -2.47. The van der Waals surface area contributed by atoms with Gasteiger partial charge in [-0.3, -0.25) is 14.6 Å². The van der Waals surface area contributed by atoms with Gasteiger partial charge in [-0.25, -0.2) is 9.59 Å². The van der Waals surface area contributed by atoms with Crippen LogP contribution in [0.25, 0.3) is 0 Å². The molecule has 11 nitrogen and oxygen atoms in total. The van der Waals surface area contributed by atoms with Gasteiger partial charge in [-0.15, -0.1) is 0 Å². The number of aliphatic imine (C=N–C) groups is 1. The van der Waals surface area contributed by atoms with Gasteiger partial charge >= 0.3 is 24.0 Å². The Morgan fingerprint density at radius 3 is 2.00 bits per heavy atom. The van der Waals surface area contributed by atoms with Crippen molar-refractivity contribution in [2.45, 2.75) is 43.9 Å². The van der Waals surface area contributed by atoms with Crippen molar-refractivity contribution in [1.29, 1.82) is 0 Å². The van der Waals surface area contributed by atoms with Gasteiger partial charge in [0.1, 0.15) is 23.6 Å². The highest BCUT2D eigenvalue weighted by atomic mass is 19.4. The average Bonchev–Trinajstić information content (AvgIpc) is 3.42. The molecule has 218 valence electrons. The second-order valence-corrected chi connectivity index (χ2v) is 8.07. The van der Waals surface area contributed by atoms with Gasteiger partial charge in [-0.2, -0.15) is 13.2 Å². The molecule has 5 N–H and O–H groups in total. The number of carboxylic acid groups (broad SMARTS) is 1. The molecule has 1 heterocycles. The molecular weight excluding hydrogens is 541 g/mol. The maximum atomic E-state index is 12.1. The molecule has 1 aliphatic heterocycles. The normalized spacial score (nSPS) is 14.8. The second kappa shape index (κ2) is 15.8. The minimum absolute atomic E-state index is 0.0718. The number of aliphatic carboxylic acids is 1. The van der Waals surface area contributed by atoms with Gasteiger partial charge in [-0.05, 0) is 73.4 Å². The number of aromatic hydroxyl groups is 2. The number of ketones is 1. The molecule has 40 heavy (non-hydrogen) atoms. The van der Waals surface area contributed by atoms with Gasteiger partial charge in [0.25, 0.3) is 0 Å². The fraction of sp³-hybridized carbons (Fsp3) is 0.346. The maximum Gasteiger partial charge on any atom is 0.471 e. The molecule has 0 saturated carbocycles. The fourth-order valence-corrected chi connectivity index (χ4v) is 3.33. The van der Waals surface area contributed by atoms with E-state index >= 15 is 0 Å². The van der Waals surface area contributed by atoms with Gasteiger partial charge < -0.3 is 30.5 Å². The van der Waals surface area contributed by atoms with Gasteiger partial charge in [-0.1, -0.05) is 0 Å². The van der Waals surface area contributed by atoms with Gasteiger partial charge in [0.15, 0.2) is 5.78 Å². The van der Waals surface area contributed by atoms with E-state index in [1.807, 2.05) is 0 Å². The predicted octanol–water partition coefficient (Wildman–Crippen LogP) is 2.61. The lowest BCUT2D eigenvalue weighted by Gasteiger charge is -2.15. The Bertz CT molecular complexity index is 1180. The first-order valence-corrected chi connectivity index (χ1v) is 11.6. The molecule has 0 spiro atoms. The summed E-state index contributed by atoms with van der Waals surface area (Å²) < 4.78 is 40.9. The number of aliphatic hydroxyl groups is 1. The van der Waals surface area contributed by atoms with Crippen LogP contribution in [0.1, 0.15) is 41.6 Å². The van der Waals surface area contributed by atoms with Crippen LogP contribution >= 0.6 is 0 Å². The quantitative estimate of drug-likeness (QED) is 0.235. The van der Waals surface area contributed by atoms with Crippen LogP contribution < -0.4 is 5.32 Å². The van der Waals surface area contributed by atoms with E-state index in [9.17, 15) is 32.3 Å². The number of alkyl halides is 3. The van der Waals surface area contributed by atoms with E-state index in [-0.39, 0.29) is 35.5 Å². The summed E-state index contributed by atoms with van der Waals surface area (Å²) in [6.07, 6.45) is -4.60. The first-order valence-electron chi connectivity index (χ1n) is 11.6. The van der Waals surface area contributed by atoms with Crippen LogP contribution in [0.5, 0.6) is 11.5 Å². The lowest BCUT2D eigenvalue weighted by molar-refractivity contribution is -0.175. The third-order valence-corrected chi connectivity index (χ3v) is 5.35. The number of phenolic OH excluding ortho intramolecular Hbond substituents is 2. The van der Waals surface area contributed by atoms with Crippen molar-refractivity contribution in [3.63, 3.8) is 0 Å². The number of carbonyl (C=O) groups is 4. The van der Waals surface area contributed by atoms with Crippen LogP contribution in [0.3, 0.4) is 0 Å². The molecule has 14 heteroatoms. The third kappa shape index (κ3) is 10.7. The van der Waals surface area contributed by atoms with Crippen LogP contribution in [-0.2, 0) is 19.1 Å². The number of ether oxygens (including phenoxy) is 1. The Kier molecular flexibility index (Phi) is 13.3. The van der Waals surface area contributed by atoms with Crippen molar-refractivity contribution in [2.24, 2.45) is 4.99 Å². The maximum absolute atomic E-state index is 12.1. The molecule has 0 aromatic heterocycles. The van der Waals surface area contributed by atoms with E-state index in [1.54, 1.807) is 24.3 Å². The topological polar surface area (TPSA) is 183 Å². The number of hydrogen-bond acceptors (Lipinski definition) is 9. The Balaban J connectivity index is 0.000000391. The Morgan fingerprint density at radius 2 is 1.52 bits per heavy atom. The Labute approximate surface area is 226 Å². The molecule has 2 atom stereocenters. The van der Waals surface area contributed by atoms with Crippen LogP contribution in [0, 0.1) is 0 Å². The number of phenols is 2. The molecular formula is C26H29F3N2O9. The van der Waals surface area contributed by atoms with E-state index in [0.717, 1.165) is 24.8 Å². The van der Waals surface area contributed by atoms with Gasteiger partial charge in [0.2, 0.25) is 0 Å². The van der Waals surface area contributed by atoms with E-state index in [1.165, 1.54) is 36.7 Å². The van der Waals surface area contributed by atoms with Gasteiger partial charge in [0.05, 0.1) is 7.11 Å².